The minimum absolute atomic E-state index is 0.0756. The highest BCUT2D eigenvalue weighted by Crippen LogP contribution is 2.42. The highest BCUT2D eigenvalue weighted by atomic mass is 35.5. The molecule has 2 heterocycles. The number of ether oxygens (including phenoxy) is 2. The molecule has 1 aromatic heterocycles. The predicted molar refractivity (Wildman–Crippen MR) is 178 cm³/mol. The second-order valence-corrected chi connectivity index (χ2v) is 13.7. The van der Waals surface area contributed by atoms with Crippen molar-refractivity contribution in [3.05, 3.63) is 93.7 Å². The summed E-state index contributed by atoms with van der Waals surface area (Å²) in [7, 11) is -4.21. The molecule has 0 radical (unpaired) electrons. The van der Waals surface area contributed by atoms with Crippen molar-refractivity contribution >= 4 is 62.8 Å². The minimum Gasteiger partial charge on any atom is -0.490 e. The Morgan fingerprint density at radius 1 is 1.09 bits per heavy atom. The first-order valence-corrected chi connectivity index (χ1v) is 17.5. The van der Waals surface area contributed by atoms with E-state index in [9.17, 15) is 18.0 Å². The van der Waals surface area contributed by atoms with Crippen molar-refractivity contribution in [3.8, 4) is 16.9 Å². The number of aromatic nitrogens is 2. The van der Waals surface area contributed by atoms with E-state index in [0.717, 1.165) is 27.3 Å². The van der Waals surface area contributed by atoms with Crippen LogP contribution in [0, 0.1) is 6.92 Å². The minimum atomic E-state index is -4.21. The first-order valence-electron chi connectivity index (χ1n) is 14.1. The van der Waals surface area contributed by atoms with Crippen LogP contribution in [0.2, 0.25) is 10.0 Å². The number of benzene rings is 3. The van der Waals surface area contributed by atoms with Gasteiger partial charge in [0.15, 0.2) is 0 Å². The van der Waals surface area contributed by atoms with E-state index in [1.807, 2.05) is 37.4 Å². The van der Waals surface area contributed by atoms with Crippen molar-refractivity contribution in [1.29, 1.82) is 0 Å². The molecule has 0 atom stereocenters. The monoisotopic (exact) mass is 704 g/mol. The van der Waals surface area contributed by atoms with Crippen LogP contribution in [0.3, 0.4) is 0 Å². The summed E-state index contributed by atoms with van der Waals surface area (Å²) in [5.74, 6) is 0.158. The number of hydrogen-bond acceptors (Lipinski definition) is 8. The van der Waals surface area contributed by atoms with Gasteiger partial charge < -0.3 is 14.8 Å². The summed E-state index contributed by atoms with van der Waals surface area (Å²) in [5.41, 5.74) is 4.11. The van der Waals surface area contributed by atoms with Crippen LogP contribution in [0.5, 0.6) is 5.75 Å². The van der Waals surface area contributed by atoms with E-state index >= 15 is 0 Å². The Morgan fingerprint density at radius 3 is 2.67 bits per heavy atom. The largest absolute Gasteiger partial charge is 0.490 e. The smallest absolute Gasteiger partial charge is 0.414 e. The third-order valence-corrected chi connectivity index (χ3v) is 9.78. The summed E-state index contributed by atoms with van der Waals surface area (Å²) in [6.07, 6.45) is 3.12. The molecule has 0 bridgehead atoms. The SMILES string of the molecule is Cc1c(Cl)cccc1OCCOC(=O)N1CCSc2c(-c3cnn(Cc4cccc(C(=O)NCCS(=O)(=O)O)c4Cl)c3)cccc21. The van der Waals surface area contributed by atoms with Gasteiger partial charge in [0.1, 0.15) is 19.0 Å². The van der Waals surface area contributed by atoms with Crippen LogP contribution in [0.1, 0.15) is 21.5 Å². The van der Waals surface area contributed by atoms with Crippen molar-refractivity contribution in [2.24, 2.45) is 0 Å². The van der Waals surface area contributed by atoms with Gasteiger partial charge in [-0.3, -0.25) is 18.9 Å². The van der Waals surface area contributed by atoms with Crippen molar-refractivity contribution < 1.29 is 32.0 Å². The molecular weight excluding hydrogens is 675 g/mol. The van der Waals surface area contributed by atoms with Gasteiger partial charge in [-0.05, 0) is 36.8 Å². The normalized spacial score (nSPS) is 12.8. The van der Waals surface area contributed by atoms with Crippen LogP contribution in [-0.2, 0) is 21.4 Å². The molecule has 0 unspecified atom stereocenters. The van der Waals surface area contributed by atoms with E-state index in [2.05, 4.69) is 10.4 Å². The second-order valence-electron chi connectivity index (χ2n) is 10.2. The maximum absolute atomic E-state index is 13.1. The highest BCUT2D eigenvalue weighted by molar-refractivity contribution is 7.99. The fraction of sp³-hybridized carbons (Fsp3) is 0.258. The Labute approximate surface area is 280 Å². The average Bonchev–Trinajstić information content (AvgIpc) is 3.49. The van der Waals surface area contributed by atoms with Crippen molar-refractivity contribution in [2.45, 2.75) is 18.4 Å². The predicted octanol–water partition coefficient (Wildman–Crippen LogP) is 5.96. The topological polar surface area (TPSA) is 140 Å². The lowest BCUT2D eigenvalue weighted by atomic mass is 10.1. The molecular formula is C31H30Cl2N4O7S2. The number of carbonyl (C=O) groups is 2. The van der Waals surface area contributed by atoms with E-state index in [1.54, 1.807) is 51.8 Å². The zero-order valence-corrected chi connectivity index (χ0v) is 27.8. The average molecular weight is 706 g/mol. The molecule has 4 aromatic rings. The van der Waals surface area contributed by atoms with Crippen molar-refractivity contribution in [3.63, 3.8) is 0 Å². The third kappa shape index (κ3) is 8.15. The number of fused-ring (bicyclic) bond motifs is 1. The summed E-state index contributed by atoms with van der Waals surface area (Å²) in [5, 5.41) is 7.75. The number of nitrogens with one attached hydrogen (secondary N) is 1. The van der Waals surface area contributed by atoms with Gasteiger partial charge in [0.05, 0.1) is 34.8 Å². The van der Waals surface area contributed by atoms with Crippen molar-refractivity contribution in [2.75, 3.05) is 42.7 Å². The van der Waals surface area contributed by atoms with Crippen molar-refractivity contribution in [1.82, 2.24) is 15.1 Å². The summed E-state index contributed by atoms with van der Waals surface area (Å²) < 4.78 is 43.8. The van der Waals surface area contributed by atoms with Gasteiger partial charge in [-0.2, -0.15) is 13.5 Å². The number of halogens is 2. The van der Waals surface area contributed by atoms with Crippen LogP contribution in [0.15, 0.2) is 71.9 Å². The maximum atomic E-state index is 13.1. The Hall–Kier alpha value is -3.75. The molecule has 0 saturated heterocycles. The zero-order valence-electron chi connectivity index (χ0n) is 24.6. The molecule has 46 heavy (non-hydrogen) atoms. The molecule has 15 heteroatoms. The summed E-state index contributed by atoms with van der Waals surface area (Å²) >= 11 is 14.3. The molecule has 0 fully saturated rings. The molecule has 0 spiro atoms. The summed E-state index contributed by atoms with van der Waals surface area (Å²) in [6.45, 7) is 2.63. The maximum Gasteiger partial charge on any atom is 0.414 e. The molecule has 3 aromatic carbocycles. The molecule has 2 amide bonds. The number of rotatable bonds is 11. The van der Waals surface area contributed by atoms with E-state index in [1.165, 1.54) is 6.07 Å². The summed E-state index contributed by atoms with van der Waals surface area (Å²) in [4.78, 5) is 28.2. The number of amides is 2. The molecule has 1 aliphatic rings. The van der Waals surface area contributed by atoms with Crippen LogP contribution < -0.4 is 15.0 Å². The lowest BCUT2D eigenvalue weighted by molar-refractivity contribution is 0.0956. The quantitative estimate of drug-likeness (QED) is 0.143. The van der Waals surface area contributed by atoms with E-state index < -0.39 is 27.9 Å². The first kappa shape index (κ1) is 33.6. The van der Waals surface area contributed by atoms with Gasteiger partial charge in [0.2, 0.25) is 0 Å². The Morgan fingerprint density at radius 2 is 1.87 bits per heavy atom. The lowest BCUT2D eigenvalue weighted by Crippen LogP contribution is -2.36. The van der Waals surface area contributed by atoms with Crippen LogP contribution in [0.25, 0.3) is 11.1 Å². The third-order valence-electron chi connectivity index (χ3n) is 7.10. The van der Waals surface area contributed by atoms with E-state index in [-0.39, 0.29) is 36.9 Å². The number of thioether (sulfide) groups is 1. The number of nitrogens with zero attached hydrogens (tertiary/aromatic N) is 3. The first-order chi connectivity index (χ1) is 22.0. The molecule has 5 rings (SSSR count). The number of carbonyl (C=O) groups excluding carboxylic acids is 2. The molecule has 0 aliphatic carbocycles. The van der Waals surface area contributed by atoms with Gasteiger partial charge in [-0.25, -0.2) is 4.79 Å². The second kappa shape index (κ2) is 14.8. The molecule has 242 valence electrons. The molecule has 1 aliphatic heterocycles. The van der Waals surface area contributed by atoms with Gasteiger partial charge in [-0.1, -0.05) is 53.5 Å². The highest BCUT2D eigenvalue weighted by Gasteiger charge is 2.27. The van der Waals surface area contributed by atoms with Crippen LogP contribution in [0.4, 0.5) is 10.5 Å². The Balaban J connectivity index is 1.24. The molecule has 11 nitrogen and oxygen atoms in total. The zero-order chi connectivity index (χ0) is 32.8. The Kier molecular flexibility index (Phi) is 10.8. The van der Waals surface area contributed by atoms with Gasteiger partial charge >= 0.3 is 6.09 Å². The fourth-order valence-electron chi connectivity index (χ4n) is 4.80. The Bertz CT molecular complexity index is 1870. The van der Waals surface area contributed by atoms with Gasteiger partial charge in [0, 0.05) is 51.6 Å². The lowest BCUT2D eigenvalue weighted by Gasteiger charge is -2.29. The van der Waals surface area contributed by atoms with Crippen LogP contribution in [-0.4, -0.2) is 72.6 Å². The standard InChI is InChI=1S/C31H30Cl2N4O7S2/c1-20-25(32)8-4-10-27(20)43-13-14-44-31(39)37-12-15-45-29-23(6-3-9-26(29)37)22-17-35-36(19-22)18-21-5-2-7-24(28(21)33)30(38)34-11-16-46(40,41)42/h2-10,17,19H,11-16,18H2,1H3,(H,34,38)(H,40,41,42). The van der Waals surface area contributed by atoms with Gasteiger partial charge in [0.25, 0.3) is 16.0 Å². The summed E-state index contributed by atoms with van der Waals surface area (Å²) in [6, 6.07) is 16.1. The fourth-order valence-corrected chi connectivity index (χ4v) is 6.74. The van der Waals surface area contributed by atoms with E-state index in [0.29, 0.717) is 28.6 Å². The van der Waals surface area contributed by atoms with E-state index in [4.69, 9.17) is 37.2 Å². The number of anilines is 1. The van der Waals surface area contributed by atoms with Crippen LogP contribution >= 0.6 is 35.0 Å². The number of hydrogen-bond donors (Lipinski definition) is 2. The molecule has 2 N–H and O–H groups in total. The molecule has 0 saturated carbocycles. The van der Waals surface area contributed by atoms with Gasteiger partial charge in [-0.15, -0.1) is 11.8 Å².